The summed E-state index contributed by atoms with van der Waals surface area (Å²) in [5.41, 5.74) is 3.43. The van der Waals surface area contributed by atoms with Crippen molar-refractivity contribution in [3.05, 3.63) is 85.2 Å². The third kappa shape index (κ3) is 4.92. The lowest BCUT2D eigenvalue weighted by molar-refractivity contribution is 0.262. The zero-order valence-electron chi connectivity index (χ0n) is 20.6. The first-order chi connectivity index (χ1) is 18.1. The van der Waals surface area contributed by atoms with Gasteiger partial charge in [0.2, 0.25) is 0 Å². The van der Waals surface area contributed by atoms with Crippen LogP contribution in [0.2, 0.25) is 0 Å². The van der Waals surface area contributed by atoms with Gasteiger partial charge in [-0.15, -0.1) is 0 Å². The van der Waals surface area contributed by atoms with Gasteiger partial charge in [-0.2, -0.15) is 0 Å². The molecule has 186 valence electrons. The number of pyridine rings is 1. The second-order valence-corrected chi connectivity index (χ2v) is 9.26. The summed E-state index contributed by atoms with van der Waals surface area (Å²) in [6, 6.07) is 23.1. The molecule has 0 aliphatic carbocycles. The minimum absolute atomic E-state index is 0.300. The molecule has 1 saturated heterocycles. The zero-order valence-corrected chi connectivity index (χ0v) is 20.6. The zero-order chi connectivity index (χ0) is 25.2. The summed E-state index contributed by atoms with van der Waals surface area (Å²) in [6.07, 6.45) is 3.53. The van der Waals surface area contributed by atoms with Crippen LogP contribution in [-0.4, -0.2) is 54.1 Å². The quantitative estimate of drug-likeness (QED) is 0.284. The molecule has 0 spiro atoms. The first kappa shape index (κ1) is 22.9. The fourth-order valence-electron chi connectivity index (χ4n) is 4.72. The molecule has 8 heteroatoms. The number of aromatic nitrogens is 2. The normalized spacial score (nSPS) is 14.1. The van der Waals surface area contributed by atoms with Crippen molar-refractivity contribution in [1.82, 2.24) is 14.9 Å². The fourth-order valence-corrected chi connectivity index (χ4v) is 4.72. The van der Waals surface area contributed by atoms with Crippen molar-refractivity contribution in [2.75, 3.05) is 48.8 Å². The van der Waals surface area contributed by atoms with Crippen LogP contribution in [0.5, 0.6) is 11.5 Å². The van der Waals surface area contributed by atoms with Gasteiger partial charge in [0.25, 0.3) is 0 Å². The number of carbonyl (C=O) groups excluding carboxylic acids is 1. The summed E-state index contributed by atoms with van der Waals surface area (Å²) in [5, 5.41) is 9.04. The lowest BCUT2D eigenvalue weighted by Gasteiger charge is -2.34. The molecule has 0 radical (unpaired) electrons. The number of piperazine rings is 1. The summed E-state index contributed by atoms with van der Waals surface area (Å²) in [5.74, 6) is 1.39. The van der Waals surface area contributed by atoms with E-state index in [0.717, 1.165) is 54.0 Å². The molecule has 3 heterocycles. The Balaban J connectivity index is 1.11. The molecule has 0 bridgehead atoms. The molecule has 8 nitrogen and oxygen atoms in total. The smallest absolute Gasteiger partial charge is 0.323 e. The molecule has 6 rings (SSSR count). The number of benzene rings is 3. The van der Waals surface area contributed by atoms with Gasteiger partial charge in [-0.3, -0.25) is 0 Å². The molecular weight excluding hydrogens is 464 g/mol. The molecule has 0 unspecified atom stereocenters. The number of hydrogen-bond acceptors (Lipinski definition) is 5. The number of nitrogens with one attached hydrogen (secondary N) is 3. The second-order valence-electron chi connectivity index (χ2n) is 9.26. The molecule has 0 saturated carbocycles. The topological polar surface area (TPSA) is 85.5 Å². The van der Waals surface area contributed by atoms with Crippen LogP contribution in [0.15, 0.2) is 85.2 Å². The van der Waals surface area contributed by atoms with Crippen LogP contribution in [0.1, 0.15) is 0 Å². The largest absolute Gasteiger partial charge is 0.457 e. The molecule has 1 fully saturated rings. The molecule has 2 amide bonds. The summed E-state index contributed by atoms with van der Waals surface area (Å²) >= 11 is 0. The van der Waals surface area contributed by atoms with E-state index in [9.17, 15) is 4.79 Å². The van der Waals surface area contributed by atoms with Crippen molar-refractivity contribution in [3.63, 3.8) is 0 Å². The maximum absolute atomic E-state index is 12.7. The number of amides is 2. The Kier molecular flexibility index (Phi) is 6.08. The Morgan fingerprint density at radius 2 is 1.68 bits per heavy atom. The number of H-pyrrole nitrogens is 1. The number of fused-ring (bicyclic) bond motifs is 2. The van der Waals surface area contributed by atoms with Gasteiger partial charge in [0.05, 0.1) is 5.39 Å². The monoisotopic (exact) mass is 492 g/mol. The highest BCUT2D eigenvalue weighted by atomic mass is 16.5. The lowest BCUT2D eigenvalue weighted by atomic mass is 10.1. The highest BCUT2D eigenvalue weighted by Gasteiger charge is 2.16. The summed E-state index contributed by atoms with van der Waals surface area (Å²) in [6.45, 7) is 4.15. The average molecular weight is 493 g/mol. The second kappa shape index (κ2) is 9.83. The Bertz CT molecular complexity index is 1550. The maximum atomic E-state index is 12.7. The van der Waals surface area contributed by atoms with Crippen LogP contribution < -0.4 is 20.3 Å². The van der Waals surface area contributed by atoms with Gasteiger partial charge >= 0.3 is 6.03 Å². The SMILES string of the molecule is CN1CCN(c2cccc3cc(NC(=O)Nc4ccc(Oc5ccnc6[nH]ccc56)cc4)ccc23)CC1. The standard InChI is InChI=1S/C29H28N6O2/c1-34-15-17-35(18-16-34)26-4-2-3-20-19-22(7-10-24(20)26)33-29(36)32-21-5-8-23(9-6-21)37-27-12-14-31-28-25(27)11-13-30-28/h2-14,19H,15-18H2,1H3,(H,30,31)(H2,32,33,36). The average Bonchev–Trinajstić information content (AvgIpc) is 3.40. The summed E-state index contributed by atoms with van der Waals surface area (Å²) < 4.78 is 6.01. The molecule has 0 atom stereocenters. The van der Waals surface area contributed by atoms with Crippen LogP contribution in [-0.2, 0) is 0 Å². The fraction of sp³-hybridized carbons (Fsp3) is 0.172. The van der Waals surface area contributed by atoms with Crippen LogP contribution >= 0.6 is 0 Å². The Labute approximate surface area is 214 Å². The van der Waals surface area contributed by atoms with E-state index >= 15 is 0 Å². The van der Waals surface area contributed by atoms with Crippen LogP contribution in [0.25, 0.3) is 21.8 Å². The highest BCUT2D eigenvalue weighted by molar-refractivity contribution is 6.02. The number of likely N-dealkylation sites (N-methyl/N-ethyl adjacent to an activating group) is 1. The Morgan fingerprint density at radius 3 is 2.51 bits per heavy atom. The summed E-state index contributed by atoms with van der Waals surface area (Å²) in [7, 11) is 2.16. The molecule has 5 aromatic rings. The van der Waals surface area contributed by atoms with E-state index < -0.39 is 0 Å². The van der Waals surface area contributed by atoms with Gasteiger partial charge in [-0.25, -0.2) is 9.78 Å². The Morgan fingerprint density at radius 1 is 0.892 bits per heavy atom. The van der Waals surface area contributed by atoms with Crippen LogP contribution in [0.4, 0.5) is 21.9 Å². The van der Waals surface area contributed by atoms with Crippen molar-refractivity contribution in [2.45, 2.75) is 0 Å². The minimum Gasteiger partial charge on any atom is -0.457 e. The number of rotatable bonds is 5. The third-order valence-corrected chi connectivity index (χ3v) is 6.72. The van der Waals surface area contributed by atoms with Crippen LogP contribution in [0, 0.1) is 0 Å². The molecule has 37 heavy (non-hydrogen) atoms. The number of urea groups is 1. The molecule has 3 aromatic carbocycles. The van der Waals surface area contributed by atoms with Crippen LogP contribution in [0.3, 0.4) is 0 Å². The van der Waals surface area contributed by atoms with Crippen molar-refractivity contribution in [3.8, 4) is 11.5 Å². The van der Waals surface area contributed by atoms with E-state index in [1.165, 1.54) is 11.1 Å². The number of hydrogen-bond donors (Lipinski definition) is 3. The Hall–Kier alpha value is -4.56. The van der Waals surface area contributed by atoms with Crippen molar-refractivity contribution < 1.29 is 9.53 Å². The molecule has 1 aliphatic rings. The predicted octanol–water partition coefficient (Wildman–Crippen LogP) is 5.90. The van der Waals surface area contributed by atoms with E-state index in [4.69, 9.17) is 4.74 Å². The highest BCUT2D eigenvalue weighted by Crippen LogP contribution is 2.31. The van der Waals surface area contributed by atoms with Gasteiger partial charge in [0.15, 0.2) is 0 Å². The number of nitrogens with zero attached hydrogens (tertiary/aromatic N) is 3. The number of carbonyl (C=O) groups is 1. The number of aromatic amines is 1. The van der Waals surface area contributed by atoms with Crippen molar-refractivity contribution in [1.29, 1.82) is 0 Å². The minimum atomic E-state index is -0.300. The number of ether oxygens (including phenoxy) is 1. The molecule has 3 N–H and O–H groups in total. The van der Waals surface area contributed by atoms with E-state index in [1.807, 2.05) is 54.7 Å². The van der Waals surface area contributed by atoms with Crippen molar-refractivity contribution >= 4 is 44.9 Å². The molecule has 2 aromatic heterocycles. The van der Waals surface area contributed by atoms with Crippen molar-refractivity contribution in [2.24, 2.45) is 0 Å². The van der Waals surface area contributed by atoms with Gasteiger partial charge in [0, 0.05) is 61.0 Å². The van der Waals surface area contributed by atoms with E-state index in [0.29, 0.717) is 11.4 Å². The van der Waals surface area contributed by atoms with Gasteiger partial charge in [0.1, 0.15) is 17.1 Å². The third-order valence-electron chi connectivity index (χ3n) is 6.72. The number of anilines is 3. The van der Waals surface area contributed by atoms with E-state index in [2.05, 4.69) is 61.7 Å². The van der Waals surface area contributed by atoms with E-state index in [-0.39, 0.29) is 6.03 Å². The first-order valence-electron chi connectivity index (χ1n) is 12.4. The predicted molar refractivity (Wildman–Crippen MR) is 149 cm³/mol. The van der Waals surface area contributed by atoms with Gasteiger partial charge in [-0.05, 0) is 67.0 Å². The van der Waals surface area contributed by atoms with Gasteiger partial charge < -0.3 is 30.2 Å². The maximum Gasteiger partial charge on any atom is 0.323 e. The summed E-state index contributed by atoms with van der Waals surface area (Å²) in [4.78, 5) is 24.8. The lowest BCUT2D eigenvalue weighted by Crippen LogP contribution is -2.44. The molecule has 1 aliphatic heterocycles. The van der Waals surface area contributed by atoms with Gasteiger partial charge in [-0.1, -0.05) is 18.2 Å². The first-order valence-corrected chi connectivity index (χ1v) is 12.4. The molecular formula is C29H28N6O2. The van der Waals surface area contributed by atoms with E-state index in [1.54, 1.807) is 6.20 Å².